The zero-order valence-corrected chi connectivity index (χ0v) is 12.0. The van der Waals surface area contributed by atoms with E-state index in [2.05, 4.69) is 5.32 Å². The molecule has 0 saturated carbocycles. The molecule has 110 valence electrons. The fraction of sp³-hybridized carbons (Fsp3) is 0.143. The van der Waals surface area contributed by atoms with E-state index in [0.717, 1.165) is 22.3 Å². The van der Waals surface area contributed by atoms with Crippen molar-refractivity contribution in [3.05, 3.63) is 45.6 Å². The van der Waals surface area contributed by atoms with E-state index in [1.54, 1.807) is 13.8 Å². The van der Waals surface area contributed by atoms with Crippen molar-refractivity contribution in [1.29, 1.82) is 0 Å². The van der Waals surface area contributed by atoms with Gasteiger partial charge in [-0.05, 0) is 31.5 Å². The van der Waals surface area contributed by atoms with E-state index in [4.69, 9.17) is 0 Å². The van der Waals surface area contributed by atoms with Crippen molar-refractivity contribution < 1.29 is 24.2 Å². The second kappa shape index (κ2) is 5.53. The van der Waals surface area contributed by atoms with Gasteiger partial charge < -0.3 is 15.5 Å². The molecule has 0 aliphatic carbocycles. The van der Waals surface area contributed by atoms with Gasteiger partial charge in [0.25, 0.3) is 5.91 Å². The molecule has 5 nitrogen and oxygen atoms in total. The number of hydrogen-bond acceptors (Lipinski definition) is 4. The number of aromatic hydroxyl groups is 1. The molecule has 1 heterocycles. The molecule has 2 rings (SSSR count). The molecule has 0 saturated heterocycles. The summed E-state index contributed by atoms with van der Waals surface area (Å²) in [5, 5.41) is 21.2. The predicted octanol–water partition coefficient (Wildman–Crippen LogP) is 3.16. The van der Waals surface area contributed by atoms with Crippen molar-refractivity contribution in [1.82, 2.24) is 0 Å². The van der Waals surface area contributed by atoms with Crippen molar-refractivity contribution in [3.8, 4) is 5.75 Å². The van der Waals surface area contributed by atoms with Crippen LogP contribution < -0.4 is 5.32 Å². The molecule has 0 aliphatic rings. The Balaban J connectivity index is 2.41. The lowest BCUT2D eigenvalue weighted by Crippen LogP contribution is -2.15. The minimum atomic E-state index is -1.18. The van der Waals surface area contributed by atoms with Gasteiger partial charge in [-0.15, -0.1) is 11.3 Å². The maximum Gasteiger partial charge on any atom is 0.338 e. The smallest absolute Gasteiger partial charge is 0.338 e. The van der Waals surface area contributed by atoms with E-state index < -0.39 is 29.0 Å². The number of anilines is 1. The second-order valence-corrected chi connectivity index (χ2v) is 5.61. The number of halogens is 1. The highest BCUT2D eigenvalue weighted by Gasteiger charge is 2.23. The summed E-state index contributed by atoms with van der Waals surface area (Å²) in [5.41, 5.74) is -0.000204. The fourth-order valence-electron chi connectivity index (χ4n) is 1.88. The zero-order valence-electron chi connectivity index (χ0n) is 11.2. The van der Waals surface area contributed by atoms with Gasteiger partial charge in [0.2, 0.25) is 0 Å². The summed E-state index contributed by atoms with van der Waals surface area (Å²) in [4.78, 5) is 24.0. The maximum atomic E-state index is 13.6. The van der Waals surface area contributed by atoms with E-state index >= 15 is 0 Å². The quantitative estimate of drug-likeness (QED) is 0.813. The molecular weight excluding hydrogens is 297 g/mol. The van der Waals surface area contributed by atoms with Crippen LogP contribution in [0.25, 0.3) is 0 Å². The van der Waals surface area contributed by atoms with E-state index in [9.17, 15) is 24.2 Å². The van der Waals surface area contributed by atoms with Gasteiger partial charge in [0, 0.05) is 4.88 Å². The Labute approximate surface area is 123 Å². The molecule has 3 N–H and O–H groups in total. The van der Waals surface area contributed by atoms with Gasteiger partial charge in [-0.1, -0.05) is 6.07 Å². The number of thiophene rings is 1. The van der Waals surface area contributed by atoms with Gasteiger partial charge in [-0.2, -0.15) is 0 Å². The summed E-state index contributed by atoms with van der Waals surface area (Å²) in [6.45, 7) is 3.36. The van der Waals surface area contributed by atoms with E-state index in [1.807, 2.05) is 0 Å². The standard InChI is InChI=1S/C14H12FNO4S/c1-6-7(2)21-13(10(6)14(19)20)16-12(18)11-8(15)4-3-5-9(11)17/h3-5,17H,1-2H3,(H,16,18)(H,19,20). The van der Waals surface area contributed by atoms with Crippen LogP contribution in [0.2, 0.25) is 0 Å². The lowest BCUT2D eigenvalue weighted by atomic mass is 10.1. The molecule has 0 atom stereocenters. The van der Waals surface area contributed by atoms with Crippen LogP contribution in [-0.2, 0) is 0 Å². The number of carbonyl (C=O) groups is 2. The minimum absolute atomic E-state index is 0.0262. The molecule has 7 heteroatoms. The second-order valence-electron chi connectivity index (χ2n) is 4.38. The van der Waals surface area contributed by atoms with Crippen LogP contribution in [0.5, 0.6) is 5.75 Å². The number of carbonyl (C=O) groups excluding carboxylic acids is 1. The Bertz CT molecular complexity index is 719. The van der Waals surface area contributed by atoms with Crippen LogP contribution in [0.1, 0.15) is 31.2 Å². The third kappa shape index (κ3) is 2.73. The number of rotatable bonds is 3. The highest BCUT2D eigenvalue weighted by Crippen LogP contribution is 2.33. The monoisotopic (exact) mass is 309 g/mol. The van der Waals surface area contributed by atoms with Gasteiger partial charge in [-0.3, -0.25) is 4.79 Å². The van der Waals surface area contributed by atoms with Gasteiger partial charge in [0.1, 0.15) is 22.1 Å². The first-order valence-corrected chi connectivity index (χ1v) is 6.76. The summed E-state index contributed by atoms with van der Waals surface area (Å²) < 4.78 is 13.6. The first-order chi connectivity index (χ1) is 9.82. The number of phenols is 1. The lowest BCUT2D eigenvalue weighted by Gasteiger charge is -2.07. The van der Waals surface area contributed by atoms with Crippen molar-refractivity contribution in [2.75, 3.05) is 5.32 Å². The predicted molar refractivity (Wildman–Crippen MR) is 76.8 cm³/mol. The lowest BCUT2D eigenvalue weighted by molar-refractivity contribution is 0.0697. The zero-order chi connectivity index (χ0) is 15.7. The Morgan fingerprint density at radius 3 is 2.48 bits per heavy atom. The number of carboxylic acid groups (broad SMARTS) is 1. The van der Waals surface area contributed by atoms with E-state index in [1.165, 1.54) is 12.1 Å². The van der Waals surface area contributed by atoms with E-state index in [-0.39, 0.29) is 10.6 Å². The van der Waals surface area contributed by atoms with Gasteiger partial charge in [-0.25, -0.2) is 9.18 Å². The van der Waals surface area contributed by atoms with Crippen LogP contribution >= 0.6 is 11.3 Å². The first kappa shape index (κ1) is 15.0. The largest absolute Gasteiger partial charge is 0.507 e. The summed E-state index contributed by atoms with van der Waals surface area (Å²) in [6, 6.07) is 3.49. The number of benzene rings is 1. The van der Waals surface area contributed by atoms with Gasteiger partial charge in [0.15, 0.2) is 0 Å². The maximum absolute atomic E-state index is 13.6. The Morgan fingerprint density at radius 2 is 1.90 bits per heavy atom. The number of aromatic carboxylic acids is 1. The van der Waals surface area contributed by atoms with Crippen LogP contribution in [-0.4, -0.2) is 22.1 Å². The normalized spacial score (nSPS) is 10.4. The summed E-state index contributed by atoms with van der Waals surface area (Å²) >= 11 is 1.09. The summed E-state index contributed by atoms with van der Waals surface area (Å²) in [5.74, 6) is -3.46. The Kier molecular flexibility index (Phi) is 3.95. The third-order valence-corrected chi connectivity index (χ3v) is 4.17. The van der Waals surface area contributed by atoms with Crippen LogP contribution in [0.15, 0.2) is 18.2 Å². The van der Waals surface area contributed by atoms with E-state index in [0.29, 0.717) is 5.56 Å². The summed E-state index contributed by atoms with van der Waals surface area (Å²) in [6.07, 6.45) is 0. The highest BCUT2D eigenvalue weighted by molar-refractivity contribution is 7.16. The first-order valence-electron chi connectivity index (χ1n) is 5.95. The van der Waals surface area contributed by atoms with Crippen molar-refractivity contribution >= 4 is 28.2 Å². The molecule has 1 amide bonds. The highest BCUT2D eigenvalue weighted by atomic mass is 32.1. The SMILES string of the molecule is Cc1sc(NC(=O)c2c(O)cccc2F)c(C(=O)O)c1C. The molecule has 2 aromatic rings. The minimum Gasteiger partial charge on any atom is -0.507 e. The Hall–Kier alpha value is -2.41. The molecule has 21 heavy (non-hydrogen) atoms. The number of nitrogens with one attached hydrogen (secondary N) is 1. The number of carboxylic acids is 1. The number of phenolic OH excluding ortho intramolecular Hbond substituents is 1. The number of amides is 1. The molecule has 0 unspecified atom stereocenters. The molecule has 0 spiro atoms. The van der Waals surface area contributed by atoms with Gasteiger partial charge in [0.05, 0.1) is 5.56 Å². The molecule has 1 aromatic carbocycles. The molecule has 0 fully saturated rings. The fourth-order valence-corrected chi connectivity index (χ4v) is 2.92. The topological polar surface area (TPSA) is 86.6 Å². The number of hydrogen-bond donors (Lipinski definition) is 3. The average molecular weight is 309 g/mol. The van der Waals surface area contributed by atoms with Crippen molar-refractivity contribution in [2.45, 2.75) is 13.8 Å². The van der Waals surface area contributed by atoms with Crippen LogP contribution in [0.3, 0.4) is 0 Å². The molecular formula is C14H12FNO4S. The molecule has 0 radical (unpaired) electrons. The Morgan fingerprint density at radius 1 is 1.24 bits per heavy atom. The average Bonchev–Trinajstić information content (AvgIpc) is 2.64. The van der Waals surface area contributed by atoms with Crippen molar-refractivity contribution in [2.24, 2.45) is 0 Å². The van der Waals surface area contributed by atoms with Crippen LogP contribution in [0, 0.1) is 19.7 Å². The summed E-state index contributed by atoms with van der Waals surface area (Å²) in [7, 11) is 0. The molecule has 0 bridgehead atoms. The molecule has 1 aromatic heterocycles. The third-order valence-electron chi connectivity index (χ3n) is 3.04. The molecule has 0 aliphatic heterocycles. The van der Waals surface area contributed by atoms with Gasteiger partial charge >= 0.3 is 5.97 Å². The van der Waals surface area contributed by atoms with Crippen molar-refractivity contribution in [3.63, 3.8) is 0 Å². The van der Waals surface area contributed by atoms with Crippen LogP contribution in [0.4, 0.5) is 9.39 Å². The number of aryl methyl sites for hydroxylation is 1.